The molecule has 8 heteroatoms. The third kappa shape index (κ3) is 7.02. The zero-order valence-corrected chi connectivity index (χ0v) is 17.4. The quantitative estimate of drug-likeness (QED) is 0.363. The summed E-state index contributed by atoms with van der Waals surface area (Å²) in [5.41, 5.74) is -0.517. The lowest BCUT2D eigenvalue weighted by Crippen LogP contribution is -2.30. The molecule has 1 aromatic carbocycles. The van der Waals surface area contributed by atoms with Gasteiger partial charge in [0, 0.05) is 14.1 Å². The minimum absolute atomic E-state index is 0.0286. The van der Waals surface area contributed by atoms with E-state index in [-0.39, 0.29) is 22.0 Å². The highest BCUT2D eigenvalue weighted by Gasteiger charge is 2.22. The standard InChI is InChI=1S/C19H25ClFN3O3/c1-11(18(26)27-19(3,4)5)16(22-12(2)24(6)7)23-17(25)14-9-8-13(21)10-15(14)20/h8-10H,1-7H3,(H,23,25)/b16-11-,22-12+. The first-order chi connectivity index (χ1) is 12.3. The molecule has 0 bridgehead atoms. The highest BCUT2D eigenvalue weighted by atomic mass is 35.5. The SMILES string of the molecule is C/C(=N\C(NC(=O)c1ccc(F)cc1Cl)=C(/C)C(=O)OC(C)(C)C)N(C)C. The normalized spacial score (nSPS) is 13.0. The molecule has 0 aliphatic carbocycles. The number of hydrogen-bond acceptors (Lipinski definition) is 4. The molecule has 1 rings (SSSR count). The van der Waals surface area contributed by atoms with E-state index in [9.17, 15) is 14.0 Å². The topological polar surface area (TPSA) is 71.0 Å². The van der Waals surface area contributed by atoms with Crippen LogP contribution in [0.15, 0.2) is 34.6 Å². The fourth-order valence-electron chi connectivity index (χ4n) is 1.77. The molecule has 0 saturated heterocycles. The number of aliphatic imine (C=N–C) groups is 1. The summed E-state index contributed by atoms with van der Waals surface area (Å²) in [4.78, 5) is 31.0. The van der Waals surface area contributed by atoms with Crippen molar-refractivity contribution in [2.45, 2.75) is 40.2 Å². The van der Waals surface area contributed by atoms with Crippen LogP contribution in [-0.4, -0.2) is 42.3 Å². The molecule has 1 aromatic rings. The van der Waals surface area contributed by atoms with Crippen LogP contribution >= 0.6 is 11.6 Å². The molecule has 27 heavy (non-hydrogen) atoms. The predicted octanol–water partition coefficient (Wildman–Crippen LogP) is 3.76. The Morgan fingerprint density at radius 2 is 1.81 bits per heavy atom. The third-order valence-corrected chi connectivity index (χ3v) is 3.70. The second kappa shape index (κ2) is 8.99. The molecule has 148 valence electrons. The van der Waals surface area contributed by atoms with E-state index in [0.717, 1.165) is 12.1 Å². The van der Waals surface area contributed by atoms with E-state index in [2.05, 4.69) is 10.3 Å². The average molecular weight is 398 g/mol. The lowest BCUT2D eigenvalue weighted by atomic mass is 10.2. The van der Waals surface area contributed by atoms with Gasteiger partial charge in [0.2, 0.25) is 0 Å². The van der Waals surface area contributed by atoms with Crippen LogP contribution in [0.25, 0.3) is 0 Å². The summed E-state index contributed by atoms with van der Waals surface area (Å²) < 4.78 is 18.6. The summed E-state index contributed by atoms with van der Waals surface area (Å²) in [6.07, 6.45) is 0. The van der Waals surface area contributed by atoms with Crippen molar-refractivity contribution in [1.29, 1.82) is 0 Å². The van der Waals surface area contributed by atoms with Crippen molar-refractivity contribution in [3.8, 4) is 0 Å². The van der Waals surface area contributed by atoms with Gasteiger partial charge in [-0.05, 0) is 52.8 Å². The van der Waals surface area contributed by atoms with Crippen molar-refractivity contribution in [1.82, 2.24) is 10.2 Å². The molecule has 0 radical (unpaired) electrons. The molecule has 0 unspecified atom stereocenters. The van der Waals surface area contributed by atoms with Crippen LogP contribution in [0.2, 0.25) is 5.02 Å². The molecule has 1 N–H and O–H groups in total. The largest absolute Gasteiger partial charge is 0.457 e. The lowest BCUT2D eigenvalue weighted by Gasteiger charge is -2.21. The molecule has 0 heterocycles. The van der Waals surface area contributed by atoms with Crippen LogP contribution in [0.1, 0.15) is 45.0 Å². The van der Waals surface area contributed by atoms with Gasteiger partial charge in [-0.15, -0.1) is 0 Å². The number of benzene rings is 1. The number of halogens is 2. The zero-order valence-electron chi connectivity index (χ0n) is 16.6. The second-order valence-corrected chi connectivity index (χ2v) is 7.51. The molecule has 0 atom stereocenters. The van der Waals surface area contributed by atoms with Gasteiger partial charge in [0.15, 0.2) is 0 Å². The Morgan fingerprint density at radius 1 is 1.22 bits per heavy atom. The van der Waals surface area contributed by atoms with E-state index in [0.29, 0.717) is 5.84 Å². The second-order valence-electron chi connectivity index (χ2n) is 7.11. The van der Waals surface area contributed by atoms with E-state index in [1.54, 1.807) is 46.7 Å². The smallest absolute Gasteiger partial charge is 0.337 e. The van der Waals surface area contributed by atoms with E-state index in [4.69, 9.17) is 16.3 Å². The molecule has 6 nitrogen and oxygen atoms in total. The molecule has 0 spiro atoms. The Hall–Kier alpha value is -2.41. The number of amides is 1. The Balaban J connectivity index is 3.30. The molecular formula is C19H25ClFN3O3. The first kappa shape index (κ1) is 22.6. The first-order valence-corrected chi connectivity index (χ1v) is 8.63. The zero-order chi connectivity index (χ0) is 20.9. The predicted molar refractivity (Wildman–Crippen MR) is 104 cm³/mol. The van der Waals surface area contributed by atoms with Crippen molar-refractivity contribution in [2.75, 3.05) is 14.1 Å². The molecule has 0 aliphatic heterocycles. The van der Waals surface area contributed by atoms with Gasteiger partial charge in [-0.2, -0.15) is 0 Å². The molecule has 0 aromatic heterocycles. The van der Waals surface area contributed by atoms with E-state index < -0.39 is 23.3 Å². The third-order valence-electron chi connectivity index (χ3n) is 3.39. The van der Waals surface area contributed by atoms with Gasteiger partial charge in [-0.3, -0.25) is 4.79 Å². The minimum atomic E-state index is -0.700. The monoisotopic (exact) mass is 397 g/mol. The Kier molecular flexibility index (Phi) is 7.54. The number of rotatable bonds is 4. The highest BCUT2D eigenvalue weighted by Crippen LogP contribution is 2.19. The molecule has 0 aliphatic rings. The summed E-state index contributed by atoms with van der Waals surface area (Å²) in [6.45, 7) is 8.44. The number of carbonyl (C=O) groups excluding carboxylic acids is 2. The summed E-state index contributed by atoms with van der Waals surface area (Å²) >= 11 is 5.94. The van der Waals surface area contributed by atoms with Crippen molar-refractivity contribution >= 4 is 29.3 Å². The summed E-state index contributed by atoms with van der Waals surface area (Å²) in [5.74, 6) is -1.20. The number of nitrogens with one attached hydrogen (secondary N) is 1. The van der Waals surface area contributed by atoms with Gasteiger partial charge >= 0.3 is 5.97 Å². The van der Waals surface area contributed by atoms with E-state index in [1.165, 1.54) is 13.0 Å². The van der Waals surface area contributed by atoms with Crippen LogP contribution in [0, 0.1) is 5.82 Å². The van der Waals surface area contributed by atoms with Gasteiger partial charge in [-0.25, -0.2) is 14.2 Å². The number of ether oxygens (including phenoxy) is 1. The van der Waals surface area contributed by atoms with Crippen molar-refractivity contribution in [3.63, 3.8) is 0 Å². The summed E-state index contributed by atoms with van der Waals surface area (Å²) in [6, 6.07) is 3.42. The van der Waals surface area contributed by atoms with Crippen LogP contribution in [-0.2, 0) is 9.53 Å². The maximum Gasteiger partial charge on any atom is 0.337 e. The number of nitrogens with zero attached hydrogens (tertiary/aromatic N) is 2. The maximum absolute atomic E-state index is 13.2. The number of esters is 1. The average Bonchev–Trinajstić information content (AvgIpc) is 2.51. The van der Waals surface area contributed by atoms with Gasteiger partial charge in [0.1, 0.15) is 23.1 Å². The number of amidine groups is 1. The van der Waals surface area contributed by atoms with Crippen LogP contribution in [0.5, 0.6) is 0 Å². The number of carbonyl (C=O) groups is 2. The molecule has 0 fully saturated rings. The van der Waals surface area contributed by atoms with Gasteiger partial charge in [0.05, 0.1) is 16.2 Å². The van der Waals surface area contributed by atoms with Gasteiger partial charge in [-0.1, -0.05) is 11.6 Å². The van der Waals surface area contributed by atoms with Crippen LogP contribution in [0.3, 0.4) is 0 Å². The number of hydrogen-bond donors (Lipinski definition) is 1. The van der Waals surface area contributed by atoms with E-state index in [1.807, 2.05) is 0 Å². The van der Waals surface area contributed by atoms with E-state index >= 15 is 0 Å². The first-order valence-electron chi connectivity index (χ1n) is 8.25. The van der Waals surface area contributed by atoms with Crippen LogP contribution in [0.4, 0.5) is 4.39 Å². The lowest BCUT2D eigenvalue weighted by molar-refractivity contribution is -0.149. The Labute approximate surface area is 164 Å². The van der Waals surface area contributed by atoms with Crippen molar-refractivity contribution < 1.29 is 18.7 Å². The Bertz CT molecular complexity index is 796. The summed E-state index contributed by atoms with van der Waals surface area (Å²) in [5, 5.41) is 2.52. The fraction of sp³-hybridized carbons (Fsp3) is 0.421. The van der Waals surface area contributed by atoms with Gasteiger partial charge < -0.3 is 15.0 Å². The van der Waals surface area contributed by atoms with Gasteiger partial charge in [0.25, 0.3) is 5.91 Å². The van der Waals surface area contributed by atoms with Crippen LogP contribution < -0.4 is 5.32 Å². The molecular weight excluding hydrogens is 373 g/mol. The highest BCUT2D eigenvalue weighted by molar-refractivity contribution is 6.33. The minimum Gasteiger partial charge on any atom is -0.457 e. The fourth-order valence-corrected chi connectivity index (χ4v) is 2.02. The van der Waals surface area contributed by atoms with Crippen molar-refractivity contribution in [2.24, 2.45) is 4.99 Å². The molecule has 0 saturated carbocycles. The summed E-state index contributed by atoms with van der Waals surface area (Å²) in [7, 11) is 3.55. The Morgan fingerprint density at radius 3 is 2.30 bits per heavy atom. The molecule has 1 amide bonds. The maximum atomic E-state index is 13.2. The van der Waals surface area contributed by atoms with Crippen molar-refractivity contribution in [3.05, 3.63) is 46.0 Å².